The van der Waals surface area contributed by atoms with Crippen LogP contribution in [0.4, 0.5) is 4.79 Å². The zero-order valence-corrected chi connectivity index (χ0v) is 17.7. The van der Waals surface area contributed by atoms with Gasteiger partial charge in [-0.3, -0.25) is 4.79 Å². The number of carbonyl (C=O) groups is 3. The molecule has 7 heteroatoms. The van der Waals surface area contributed by atoms with E-state index < -0.39 is 17.6 Å². The summed E-state index contributed by atoms with van der Waals surface area (Å²) < 4.78 is 5.52. The quantitative estimate of drug-likeness (QED) is 0.620. The van der Waals surface area contributed by atoms with Gasteiger partial charge in [0.1, 0.15) is 12.1 Å². The van der Waals surface area contributed by atoms with E-state index in [0.717, 1.165) is 17.5 Å². The zero-order chi connectivity index (χ0) is 22.3. The van der Waals surface area contributed by atoms with Crippen molar-refractivity contribution < 1.29 is 24.2 Å². The van der Waals surface area contributed by atoms with Crippen molar-refractivity contribution in [3.05, 3.63) is 59.7 Å². The van der Waals surface area contributed by atoms with Gasteiger partial charge >= 0.3 is 12.1 Å². The number of rotatable bonds is 7. The molecule has 2 fully saturated rings. The lowest BCUT2D eigenvalue weighted by atomic mass is 9.76. The molecule has 0 heterocycles. The zero-order valence-electron chi connectivity index (χ0n) is 17.7. The van der Waals surface area contributed by atoms with Gasteiger partial charge in [0, 0.05) is 18.4 Å². The van der Waals surface area contributed by atoms with E-state index in [1.54, 1.807) is 0 Å². The van der Waals surface area contributed by atoms with Crippen LogP contribution in [0.1, 0.15) is 42.7 Å². The second-order valence-corrected chi connectivity index (χ2v) is 9.04. The molecule has 0 unspecified atom stereocenters. The lowest BCUT2D eigenvalue weighted by molar-refractivity contribution is -0.152. The van der Waals surface area contributed by atoms with Gasteiger partial charge in [-0.15, -0.1) is 0 Å². The third kappa shape index (κ3) is 3.61. The Morgan fingerprint density at radius 1 is 1.00 bits per heavy atom. The van der Waals surface area contributed by atoms with Crippen LogP contribution < -0.4 is 10.6 Å². The van der Waals surface area contributed by atoms with E-state index in [1.807, 2.05) is 24.3 Å². The highest BCUT2D eigenvalue weighted by molar-refractivity contribution is 5.90. The van der Waals surface area contributed by atoms with Crippen molar-refractivity contribution in [2.24, 2.45) is 11.8 Å². The number of carboxylic acid groups (broad SMARTS) is 1. The highest BCUT2D eigenvalue weighted by Crippen LogP contribution is 2.44. The number of carboxylic acids is 1. The van der Waals surface area contributed by atoms with Gasteiger partial charge < -0.3 is 20.5 Å². The first-order valence-electron chi connectivity index (χ1n) is 11.1. The molecule has 3 aliphatic carbocycles. The summed E-state index contributed by atoms with van der Waals surface area (Å²) in [7, 11) is 0. The average molecular weight is 434 g/mol. The number of hydrogen-bond acceptors (Lipinski definition) is 4. The topological polar surface area (TPSA) is 105 Å². The molecule has 3 aliphatic rings. The Labute approximate surface area is 186 Å². The molecule has 0 bridgehead atoms. The highest BCUT2D eigenvalue weighted by atomic mass is 16.5. The summed E-state index contributed by atoms with van der Waals surface area (Å²) in [5, 5.41) is 14.8. The molecule has 0 radical (unpaired) electrons. The van der Waals surface area contributed by atoms with E-state index in [4.69, 9.17) is 4.74 Å². The van der Waals surface area contributed by atoms with Gasteiger partial charge in [-0.2, -0.15) is 0 Å². The molecule has 5 rings (SSSR count). The maximum Gasteiger partial charge on any atom is 0.407 e. The number of hydrogen-bond donors (Lipinski definition) is 3. The van der Waals surface area contributed by atoms with E-state index in [-0.39, 0.29) is 30.3 Å². The smallest absolute Gasteiger partial charge is 0.407 e. The van der Waals surface area contributed by atoms with Crippen molar-refractivity contribution in [1.82, 2.24) is 10.6 Å². The fraction of sp³-hybridized carbons (Fsp3) is 0.400. The number of amides is 2. The van der Waals surface area contributed by atoms with Crippen LogP contribution >= 0.6 is 0 Å². The molecule has 2 aromatic carbocycles. The molecule has 32 heavy (non-hydrogen) atoms. The second-order valence-electron chi connectivity index (χ2n) is 9.04. The van der Waals surface area contributed by atoms with E-state index in [0.29, 0.717) is 25.8 Å². The summed E-state index contributed by atoms with van der Waals surface area (Å²) in [6, 6.07) is 16.3. The van der Waals surface area contributed by atoms with E-state index in [1.165, 1.54) is 11.1 Å². The standard InChI is InChI=1S/C25H26N2O5/c28-22(27-25(23(29)30)10-5-11-25)20-12-15(20)13-26-24(31)32-14-21-18-8-3-1-6-16(18)17-7-2-4-9-19(17)21/h1-4,6-9,15,20-21H,5,10-14H2,(H,26,31)(H,27,28)(H,29,30)/t15-,20-/m0/s1. The highest BCUT2D eigenvalue weighted by Gasteiger charge is 2.50. The van der Waals surface area contributed by atoms with E-state index >= 15 is 0 Å². The number of benzene rings is 2. The third-order valence-electron chi connectivity index (χ3n) is 7.09. The fourth-order valence-corrected chi connectivity index (χ4v) is 4.91. The Balaban J connectivity index is 1.11. The molecular weight excluding hydrogens is 408 g/mol. The number of alkyl carbamates (subject to hydrolysis) is 1. The monoisotopic (exact) mass is 434 g/mol. The van der Waals surface area contributed by atoms with Crippen molar-refractivity contribution in [2.45, 2.75) is 37.1 Å². The second kappa shape index (κ2) is 7.97. The first-order chi connectivity index (χ1) is 15.5. The van der Waals surface area contributed by atoms with E-state index in [9.17, 15) is 19.5 Å². The Morgan fingerprint density at radius 2 is 1.62 bits per heavy atom. The van der Waals surface area contributed by atoms with Gasteiger partial charge in [-0.1, -0.05) is 48.5 Å². The van der Waals surface area contributed by atoms with Gasteiger partial charge in [0.25, 0.3) is 0 Å². The van der Waals surface area contributed by atoms with Gasteiger partial charge in [0.15, 0.2) is 0 Å². The lowest BCUT2D eigenvalue weighted by Crippen LogP contribution is -2.59. The van der Waals surface area contributed by atoms with Crippen LogP contribution in [-0.2, 0) is 14.3 Å². The lowest BCUT2D eigenvalue weighted by Gasteiger charge is -2.38. The SMILES string of the molecule is O=C(NC[C@@H]1C[C@@H]1C(=O)NC1(C(=O)O)CCC1)OCC1c2ccccc2-c2ccccc21. The number of fused-ring (bicyclic) bond motifs is 3. The Hall–Kier alpha value is -3.35. The van der Waals surface area contributed by atoms with Crippen molar-refractivity contribution in [1.29, 1.82) is 0 Å². The Morgan fingerprint density at radius 3 is 2.19 bits per heavy atom. The molecule has 0 aliphatic heterocycles. The summed E-state index contributed by atoms with van der Waals surface area (Å²) >= 11 is 0. The van der Waals surface area contributed by atoms with Crippen LogP contribution in [0, 0.1) is 11.8 Å². The van der Waals surface area contributed by atoms with Crippen LogP contribution in [0.2, 0.25) is 0 Å². The molecule has 2 aromatic rings. The van der Waals surface area contributed by atoms with Gasteiger partial charge in [0.2, 0.25) is 5.91 Å². The van der Waals surface area contributed by atoms with Crippen LogP contribution in [0.5, 0.6) is 0 Å². The minimum absolute atomic E-state index is 0.00212. The minimum atomic E-state index is -1.09. The summed E-state index contributed by atoms with van der Waals surface area (Å²) in [5.74, 6) is -1.43. The van der Waals surface area contributed by atoms with Gasteiger partial charge in [0.05, 0.1) is 0 Å². The third-order valence-corrected chi connectivity index (χ3v) is 7.09. The number of carbonyl (C=O) groups excluding carboxylic acids is 2. The maximum absolute atomic E-state index is 12.4. The van der Waals surface area contributed by atoms with Crippen LogP contribution in [0.3, 0.4) is 0 Å². The van der Waals surface area contributed by atoms with Crippen molar-refractivity contribution >= 4 is 18.0 Å². The predicted octanol–water partition coefficient (Wildman–Crippen LogP) is 3.28. The van der Waals surface area contributed by atoms with Crippen molar-refractivity contribution in [3.63, 3.8) is 0 Å². The summed E-state index contributed by atoms with van der Waals surface area (Å²) in [6.45, 7) is 0.588. The van der Waals surface area contributed by atoms with E-state index in [2.05, 4.69) is 34.9 Å². The number of aliphatic carboxylic acids is 1. The minimum Gasteiger partial charge on any atom is -0.480 e. The Kier molecular flexibility index (Phi) is 5.12. The van der Waals surface area contributed by atoms with Crippen LogP contribution in [0.25, 0.3) is 11.1 Å². The van der Waals surface area contributed by atoms with Gasteiger partial charge in [-0.05, 0) is 53.9 Å². The molecule has 2 saturated carbocycles. The van der Waals surface area contributed by atoms with Gasteiger partial charge in [-0.25, -0.2) is 9.59 Å². The Bertz CT molecular complexity index is 1030. The van der Waals surface area contributed by atoms with Crippen molar-refractivity contribution in [3.8, 4) is 11.1 Å². The summed E-state index contributed by atoms with van der Waals surface area (Å²) in [5.41, 5.74) is 3.57. The maximum atomic E-state index is 12.4. The molecule has 166 valence electrons. The molecule has 7 nitrogen and oxygen atoms in total. The fourth-order valence-electron chi connectivity index (χ4n) is 4.91. The van der Waals surface area contributed by atoms with Crippen molar-refractivity contribution in [2.75, 3.05) is 13.2 Å². The largest absolute Gasteiger partial charge is 0.480 e. The average Bonchev–Trinajstić information content (AvgIpc) is 3.48. The summed E-state index contributed by atoms with van der Waals surface area (Å²) in [4.78, 5) is 36.1. The molecule has 3 N–H and O–H groups in total. The first-order valence-corrected chi connectivity index (χ1v) is 11.1. The normalized spacial score (nSPS) is 22.1. The molecule has 2 atom stereocenters. The summed E-state index contributed by atoms with van der Waals surface area (Å²) in [6.07, 6.45) is 1.90. The number of ether oxygens (including phenoxy) is 1. The molecule has 0 saturated heterocycles. The number of nitrogens with one attached hydrogen (secondary N) is 2. The molecule has 0 aromatic heterocycles. The van der Waals surface area contributed by atoms with Crippen LogP contribution in [0.15, 0.2) is 48.5 Å². The predicted molar refractivity (Wildman–Crippen MR) is 117 cm³/mol. The van der Waals surface area contributed by atoms with Crippen LogP contribution in [-0.4, -0.2) is 41.8 Å². The molecule has 0 spiro atoms. The first kappa shape index (κ1) is 20.5. The molecular formula is C25H26N2O5. The molecule has 2 amide bonds.